The summed E-state index contributed by atoms with van der Waals surface area (Å²) in [4.78, 5) is 10.3. The number of ether oxygens (including phenoxy) is 1. The first kappa shape index (κ1) is 14.4. The molecule has 0 heterocycles. The number of benzene rings is 1. The van der Waals surface area contributed by atoms with Gasteiger partial charge < -0.3 is 9.84 Å². The summed E-state index contributed by atoms with van der Waals surface area (Å²) in [6.07, 6.45) is 0. The quantitative estimate of drug-likeness (QED) is 0.821. The summed E-state index contributed by atoms with van der Waals surface area (Å²) in [6.45, 7) is 1.18. The summed E-state index contributed by atoms with van der Waals surface area (Å²) in [5.74, 6) is -2.25. The first-order valence-electron chi connectivity index (χ1n) is 4.86. The van der Waals surface area contributed by atoms with Gasteiger partial charge in [-0.05, 0) is 19.1 Å². The van der Waals surface area contributed by atoms with E-state index in [4.69, 9.17) is 5.11 Å². The van der Waals surface area contributed by atoms with Crippen molar-refractivity contribution in [3.8, 4) is 5.75 Å². The molecule has 0 bridgehead atoms. The molecule has 2 N–H and O–H groups in total. The summed E-state index contributed by atoms with van der Waals surface area (Å²) in [6, 6.07) is 1.64. The second-order valence-electron chi connectivity index (χ2n) is 3.48. The Balaban J connectivity index is 3.09. The van der Waals surface area contributed by atoms with Gasteiger partial charge in [-0.3, -0.25) is 4.79 Å². The Morgan fingerprint density at radius 1 is 1.50 bits per heavy atom. The van der Waals surface area contributed by atoms with E-state index in [0.717, 1.165) is 18.2 Å². The van der Waals surface area contributed by atoms with Gasteiger partial charge >= 0.3 is 5.97 Å². The van der Waals surface area contributed by atoms with Crippen molar-refractivity contribution in [2.45, 2.75) is 17.9 Å². The van der Waals surface area contributed by atoms with Crippen molar-refractivity contribution in [1.29, 1.82) is 0 Å². The van der Waals surface area contributed by atoms with Gasteiger partial charge in [0, 0.05) is 6.07 Å². The third kappa shape index (κ3) is 3.17. The third-order valence-corrected chi connectivity index (χ3v) is 3.67. The molecule has 0 saturated heterocycles. The summed E-state index contributed by atoms with van der Waals surface area (Å²) in [5, 5.41) is 8.63. The van der Waals surface area contributed by atoms with E-state index >= 15 is 0 Å². The predicted molar refractivity (Wildman–Crippen MR) is 60.4 cm³/mol. The van der Waals surface area contributed by atoms with E-state index in [9.17, 15) is 17.6 Å². The first-order valence-corrected chi connectivity index (χ1v) is 6.35. The number of sulfonamides is 1. The van der Waals surface area contributed by atoms with Gasteiger partial charge in [0.15, 0.2) is 11.6 Å². The number of aliphatic carboxylic acids is 1. The molecule has 0 saturated carbocycles. The Kier molecular flexibility index (Phi) is 4.25. The van der Waals surface area contributed by atoms with Crippen LogP contribution in [0.2, 0.25) is 0 Å². The lowest BCUT2D eigenvalue weighted by molar-refractivity contribution is -0.138. The molecule has 0 radical (unpaired) electrons. The minimum Gasteiger partial charge on any atom is -0.494 e. The molecule has 1 unspecified atom stereocenters. The van der Waals surface area contributed by atoms with Gasteiger partial charge in [0.2, 0.25) is 10.0 Å². The van der Waals surface area contributed by atoms with Gasteiger partial charge in [-0.2, -0.15) is 4.72 Å². The van der Waals surface area contributed by atoms with Crippen LogP contribution >= 0.6 is 0 Å². The van der Waals surface area contributed by atoms with E-state index in [1.54, 1.807) is 0 Å². The summed E-state index contributed by atoms with van der Waals surface area (Å²) >= 11 is 0. The highest BCUT2D eigenvalue weighted by Gasteiger charge is 2.22. The lowest BCUT2D eigenvalue weighted by Crippen LogP contribution is -2.38. The molecule has 1 atom stereocenters. The molecule has 0 aliphatic rings. The van der Waals surface area contributed by atoms with Crippen molar-refractivity contribution >= 4 is 16.0 Å². The maximum atomic E-state index is 13.1. The number of halogens is 1. The maximum Gasteiger partial charge on any atom is 0.321 e. The van der Waals surface area contributed by atoms with Gasteiger partial charge in [-0.25, -0.2) is 12.8 Å². The fourth-order valence-corrected chi connectivity index (χ4v) is 2.37. The Morgan fingerprint density at radius 2 is 2.11 bits per heavy atom. The topological polar surface area (TPSA) is 92.7 Å². The van der Waals surface area contributed by atoms with Gasteiger partial charge in [0.25, 0.3) is 0 Å². The summed E-state index contributed by atoms with van der Waals surface area (Å²) < 4.78 is 43.2. The standard InChI is InChI=1S/C10H12FNO5S/c1-6(10(13)14)12-18(15,16)7-3-4-8(11)9(5-7)17-2/h3-6,12H,1-2H3,(H,13,14). The fraction of sp³-hybridized carbons (Fsp3) is 0.300. The van der Waals surface area contributed by atoms with Crippen LogP contribution in [-0.4, -0.2) is 32.6 Å². The van der Waals surface area contributed by atoms with Gasteiger partial charge in [-0.1, -0.05) is 0 Å². The largest absolute Gasteiger partial charge is 0.494 e. The highest BCUT2D eigenvalue weighted by molar-refractivity contribution is 7.89. The van der Waals surface area contributed by atoms with Crippen molar-refractivity contribution in [3.63, 3.8) is 0 Å². The number of hydrogen-bond donors (Lipinski definition) is 2. The zero-order valence-electron chi connectivity index (χ0n) is 9.68. The molecule has 0 aliphatic carbocycles. The number of carbonyl (C=O) groups is 1. The Hall–Kier alpha value is -1.67. The molecular formula is C10H12FNO5S. The lowest BCUT2D eigenvalue weighted by Gasteiger charge is -2.11. The second kappa shape index (κ2) is 5.32. The van der Waals surface area contributed by atoms with E-state index in [-0.39, 0.29) is 10.6 Å². The third-order valence-electron chi connectivity index (χ3n) is 2.14. The molecule has 1 rings (SSSR count). The van der Waals surface area contributed by atoms with Gasteiger partial charge in [-0.15, -0.1) is 0 Å². The molecular weight excluding hydrogens is 265 g/mol. The van der Waals surface area contributed by atoms with E-state index in [1.807, 2.05) is 4.72 Å². The number of rotatable bonds is 5. The Bertz CT molecular complexity index is 557. The van der Waals surface area contributed by atoms with Crippen LogP contribution in [0, 0.1) is 5.82 Å². The van der Waals surface area contributed by atoms with Crippen LogP contribution in [-0.2, 0) is 14.8 Å². The van der Waals surface area contributed by atoms with E-state index < -0.39 is 27.9 Å². The van der Waals surface area contributed by atoms with Crippen LogP contribution in [0.5, 0.6) is 5.75 Å². The predicted octanol–water partition coefficient (Wildman–Crippen LogP) is 0.586. The van der Waals surface area contributed by atoms with E-state index in [2.05, 4.69) is 4.74 Å². The van der Waals surface area contributed by atoms with Crippen LogP contribution in [0.25, 0.3) is 0 Å². The fourth-order valence-electron chi connectivity index (χ4n) is 1.16. The SMILES string of the molecule is COc1cc(S(=O)(=O)NC(C)C(=O)O)ccc1F. The molecule has 0 spiro atoms. The van der Waals surface area contributed by atoms with Crippen LogP contribution in [0.3, 0.4) is 0 Å². The van der Waals surface area contributed by atoms with Crippen molar-refractivity contribution < 1.29 is 27.4 Å². The zero-order valence-corrected chi connectivity index (χ0v) is 10.5. The molecule has 100 valence electrons. The second-order valence-corrected chi connectivity index (χ2v) is 5.19. The van der Waals surface area contributed by atoms with Gasteiger partial charge in [0.1, 0.15) is 6.04 Å². The van der Waals surface area contributed by atoms with Crippen molar-refractivity contribution in [2.75, 3.05) is 7.11 Å². The summed E-state index contributed by atoms with van der Waals surface area (Å²) in [5.41, 5.74) is 0. The number of carboxylic acids is 1. The first-order chi connectivity index (χ1) is 8.27. The highest BCUT2D eigenvalue weighted by atomic mass is 32.2. The monoisotopic (exact) mass is 277 g/mol. The average Bonchev–Trinajstić information content (AvgIpc) is 2.28. The summed E-state index contributed by atoms with van der Waals surface area (Å²) in [7, 11) is -2.83. The zero-order chi connectivity index (χ0) is 13.9. The van der Waals surface area contributed by atoms with Crippen molar-refractivity contribution in [1.82, 2.24) is 4.72 Å². The average molecular weight is 277 g/mol. The lowest BCUT2D eigenvalue weighted by atomic mass is 10.3. The molecule has 1 aromatic rings. The van der Waals surface area contributed by atoms with E-state index in [0.29, 0.717) is 0 Å². The molecule has 0 aromatic heterocycles. The highest BCUT2D eigenvalue weighted by Crippen LogP contribution is 2.21. The maximum absolute atomic E-state index is 13.1. The Morgan fingerprint density at radius 3 is 2.61 bits per heavy atom. The van der Waals surface area contributed by atoms with E-state index in [1.165, 1.54) is 14.0 Å². The minimum absolute atomic E-state index is 0.235. The van der Waals surface area contributed by atoms with Crippen LogP contribution in [0.1, 0.15) is 6.92 Å². The molecule has 6 nitrogen and oxygen atoms in total. The smallest absolute Gasteiger partial charge is 0.321 e. The Labute approximate surface area is 103 Å². The molecule has 18 heavy (non-hydrogen) atoms. The number of nitrogens with one attached hydrogen (secondary N) is 1. The molecule has 8 heteroatoms. The number of methoxy groups -OCH3 is 1. The van der Waals surface area contributed by atoms with Gasteiger partial charge in [0.05, 0.1) is 12.0 Å². The molecule has 0 fully saturated rings. The van der Waals surface area contributed by atoms with Crippen molar-refractivity contribution in [3.05, 3.63) is 24.0 Å². The normalized spacial score (nSPS) is 13.1. The van der Waals surface area contributed by atoms with Crippen LogP contribution in [0.4, 0.5) is 4.39 Å². The van der Waals surface area contributed by atoms with Crippen LogP contribution in [0.15, 0.2) is 23.1 Å². The number of hydrogen-bond acceptors (Lipinski definition) is 4. The minimum atomic E-state index is -4.03. The molecule has 1 aromatic carbocycles. The molecule has 0 amide bonds. The number of carboxylic acid groups (broad SMARTS) is 1. The molecule has 0 aliphatic heterocycles. The van der Waals surface area contributed by atoms with Crippen LogP contribution < -0.4 is 9.46 Å². The van der Waals surface area contributed by atoms with Crippen molar-refractivity contribution in [2.24, 2.45) is 0 Å².